The minimum Gasteiger partial charge on any atom is -0.347 e. The van der Waals surface area contributed by atoms with Gasteiger partial charge in [-0.2, -0.15) is 11.8 Å². The van der Waals surface area contributed by atoms with Gasteiger partial charge < -0.3 is 4.57 Å². The lowest BCUT2D eigenvalue weighted by molar-refractivity contribution is 0.808. The highest BCUT2D eigenvalue weighted by atomic mass is 35.5. The van der Waals surface area contributed by atoms with Gasteiger partial charge in [0.15, 0.2) is 0 Å². The Bertz CT molecular complexity index is 436. The van der Waals surface area contributed by atoms with Crippen LogP contribution in [-0.4, -0.2) is 16.6 Å². The summed E-state index contributed by atoms with van der Waals surface area (Å²) in [5, 5.41) is 2.07. The minimum absolute atomic E-state index is 0.807. The summed E-state index contributed by atoms with van der Waals surface area (Å²) in [5.74, 6) is 1.14. The summed E-state index contributed by atoms with van der Waals surface area (Å²) in [4.78, 5) is 0. The van der Waals surface area contributed by atoms with Crippen LogP contribution in [0.3, 0.4) is 0 Å². The molecule has 2 aromatic rings. The second kappa shape index (κ2) is 4.28. The maximum atomic E-state index is 5.96. The molecule has 0 atom stereocenters. The van der Waals surface area contributed by atoms with Crippen LogP contribution in [0, 0.1) is 0 Å². The molecule has 0 bridgehead atoms. The maximum Gasteiger partial charge on any atom is 0.0495 e. The number of aromatic nitrogens is 1. The first-order valence-electron chi connectivity index (χ1n) is 4.54. The van der Waals surface area contributed by atoms with Gasteiger partial charge in [0.25, 0.3) is 0 Å². The highest BCUT2D eigenvalue weighted by molar-refractivity contribution is 7.98. The maximum absolute atomic E-state index is 5.96. The Morgan fingerprint density at radius 1 is 1.36 bits per heavy atom. The molecule has 0 radical (unpaired) electrons. The molecule has 1 nitrogen and oxygen atoms in total. The van der Waals surface area contributed by atoms with Crippen LogP contribution in [0.15, 0.2) is 30.5 Å². The van der Waals surface area contributed by atoms with Crippen LogP contribution in [-0.2, 0) is 6.54 Å². The van der Waals surface area contributed by atoms with Crippen molar-refractivity contribution in [2.24, 2.45) is 0 Å². The third-order valence-corrected chi connectivity index (χ3v) is 3.10. The monoisotopic (exact) mass is 225 g/mol. The van der Waals surface area contributed by atoms with Crippen LogP contribution in [0.25, 0.3) is 10.9 Å². The predicted molar refractivity (Wildman–Crippen MR) is 65.3 cm³/mol. The van der Waals surface area contributed by atoms with Crippen molar-refractivity contribution in [1.82, 2.24) is 4.57 Å². The minimum atomic E-state index is 0.807. The molecule has 0 aliphatic rings. The Morgan fingerprint density at radius 3 is 3.00 bits per heavy atom. The third-order valence-electron chi connectivity index (χ3n) is 2.27. The molecule has 1 aromatic carbocycles. The molecule has 1 heterocycles. The van der Waals surface area contributed by atoms with E-state index >= 15 is 0 Å². The normalized spacial score (nSPS) is 11.0. The number of thioether (sulfide) groups is 1. The van der Waals surface area contributed by atoms with Crippen molar-refractivity contribution < 1.29 is 0 Å². The fourth-order valence-corrected chi connectivity index (χ4v) is 2.09. The first-order chi connectivity index (χ1) is 6.81. The van der Waals surface area contributed by atoms with Gasteiger partial charge in [-0.15, -0.1) is 0 Å². The molecule has 0 unspecified atom stereocenters. The molecule has 0 aliphatic carbocycles. The van der Waals surface area contributed by atoms with Crippen molar-refractivity contribution in [2.75, 3.05) is 12.0 Å². The molecular weight excluding hydrogens is 214 g/mol. The van der Waals surface area contributed by atoms with E-state index < -0.39 is 0 Å². The number of hydrogen-bond donors (Lipinski definition) is 0. The van der Waals surface area contributed by atoms with Gasteiger partial charge in [-0.3, -0.25) is 0 Å². The summed E-state index contributed by atoms with van der Waals surface area (Å²) in [6, 6.07) is 8.15. The molecule has 2 rings (SSSR count). The largest absolute Gasteiger partial charge is 0.347 e. The average Bonchev–Trinajstić information content (AvgIpc) is 2.57. The summed E-state index contributed by atoms with van der Waals surface area (Å²) in [6.45, 7) is 1.05. The zero-order chi connectivity index (χ0) is 9.97. The van der Waals surface area contributed by atoms with E-state index in [0.717, 1.165) is 17.3 Å². The number of nitrogens with zero attached hydrogens (tertiary/aromatic N) is 1. The van der Waals surface area contributed by atoms with Crippen molar-refractivity contribution in [3.63, 3.8) is 0 Å². The predicted octanol–water partition coefficient (Wildman–Crippen LogP) is 3.66. The molecule has 0 saturated carbocycles. The lowest BCUT2D eigenvalue weighted by Crippen LogP contribution is -1.97. The first kappa shape index (κ1) is 9.94. The van der Waals surface area contributed by atoms with Crippen molar-refractivity contribution in [1.29, 1.82) is 0 Å². The fourth-order valence-electron chi connectivity index (χ4n) is 1.54. The van der Waals surface area contributed by atoms with Gasteiger partial charge in [0, 0.05) is 29.0 Å². The van der Waals surface area contributed by atoms with Gasteiger partial charge >= 0.3 is 0 Å². The lowest BCUT2D eigenvalue weighted by atomic mass is 10.2. The van der Waals surface area contributed by atoms with Crippen molar-refractivity contribution in [2.45, 2.75) is 6.54 Å². The quantitative estimate of drug-likeness (QED) is 0.772. The van der Waals surface area contributed by atoms with E-state index in [1.807, 2.05) is 23.9 Å². The van der Waals surface area contributed by atoms with E-state index in [2.05, 4.69) is 29.2 Å². The first-order valence-corrected chi connectivity index (χ1v) is 6.32. The Morgan fingerprint density at radius 2 is 2.21 bits per heavy atom. The summed E-state index contributed by atoms with van der Waals surface area (Å²) >= 11 is 7.82. The van der Waals surface area contributed by atoms with E-state index in [1.54, 1.807) is 0 Å². The molecule has 3 heteroatoms. The van der Waals surface area contributed by atoms with E-state index in [9.17, 15) is 0 Å². The topological polar surface area (TPSA) is 4.93 Å². The highest BCUT2D eigenvalue weighted by Crippen LogP contribution is 2.20. The molecular formula is C11H12ClNS. The number of halogens is 1. The smallest absolute Gasteiger partial charge is 0.0495 e. The fraction of sp³-hybridized carbons (Fsp3) is 0.273. The molecule has 1 aromatic heterocycles. The van der Waals surface area contributed by atoms with Crippen LogP contribution >= 0.6 is 23.4 Å². The SMILES string of the molecule is CSCCn1ccc2ccc(Cl)cc21. The van der Waals surface area contributed by atoms with Gasteiger partial charge in [-0.25, -0.2) is 0 Å². The van der Waals surface area contributed by atoms with Crippen LogP contribution in [0.1, 0.15) is 0 Å². The van der Waals surface area contributed by atoms with E-state index in [-0.39, 0.29) is 0 Å². The van der Waals surface area contributed by atoms with Gasteiger partial charge in [-0.1, -0.05) is 17.7 Å². The Kier molecular flexibility index (Phi) is 3.04. The molecule has 0 N–H and O–H groups in total. The second-order valence-corrected chi connectivity index (χ2v) is 4.63. The zero-order valence-electron chi connectivity index (χ0n) is 8.03. The number of hydrogen-bond acceptors (Lipinski definition) is 1. The lowest BCUT2D eigenvalue weighted by Gasteiger charge is -2.03. The summed E-state index contributed by atoms with van der Waals surface area (Å²) in [5.41, 5.74) is 1.23. The summed E-state index contributed by atoms with van der Waals surface area (Å²) in [6.07, 6.45) is 4.25. The summed E-state index contributed by atoms with van der Waals surface area (Å²) in [7, 11) is 0. The van der Waals surface area contributed by atoms with E-state index in [1.165, 1.54) is 10.9 Å². The second-order valence-electron chi connectivity index (χ2n) is 3.21. The third kappa shape index (κ3) is 1.91. The summed E-state index contributed by atoms with van der Waals surface area (Å²) < 4.78 is 2.25. The van der Waals surface area contributed by atoms with Gasteiger partial charge in [0.2, 0.25) is 0 Å². The van der Waals surface area contributed by atoms with Crippen LogP contribution in [0.2, 0.25) is 5.02 Å². The van der Waals surface area contributed by atoms with Gasteiger partial charge in [-0.05, 0) is 29.8 Å². The molecule has 0 aliphatic heterocycles. The molecule has 0 amide bonds. The van der Waals surface area contributed by atoms with Gasteiger partial charge in [0.1, 0.15) is 0 Å². The number of benzene rings is 1. The Labute approximate surface area is 93.1 Å². The van der Waals surface area contributed by atoms with Crippen molar-refractivity contribution in [3.8, 4) is 0 Å². The van der Waals surface area contributed by atoms with Crippen molar-refractivity contribution >= 4 is 34.3 Å². The van der Waals surface area contributed by atoms with E-state index in [4.69, 9.17) is 11.6 Å². The van der Waals surface area contributed by atoms with Gasteiger partial charge in [0.05, 0.1) is 0 Å². The molecule has 14 heavy (non-hydrogen) atoms. The number of aryl methyl sites for hydroxylation is 1. The number of fused-ring (bicyclic) bond motifs is 1. The van der Waals surface area contributed by atoms with Crippen LogP contribution < -0.4 is 0 Å². The van der Waals surface area contributed by atoms with Crippen LogP contribution in [0.5, 0.6) is 0 Å². The zero-order valence-corrected chi connectivity index (χ0v) is 9.61. The molecule has 0 saturated heterocycles. The van der Waals surface area contributed by atoms with E-state index in [0.29, 0.717) is 0 Å². The average molecular weight is 226 g/mol. The number of rotatable bonds is 3. The highest BCUT2D eigenvalue weighted by Gasteiger charge is 2.00. The molecule has 74 valence electrons. The Balaban J connectivity index is 2.40. The van der Waals surface area contributed by atoms with Crippen molar-refractivity contribution in [3.05, 3.63) is 35.5 Å². The van der Waals surface area contributed by atoms with Crippen LogP contribution in [0.4, 0.5) is 0 Å². The Hall–Kier alpha value is -0.600. The standard InChI is InChI=1S/C11H12ClNS/c1-14-7-6-13-5-4-9-2-3-10(12)8-11(9)13/h2-5,8H,6-7H2,1H3. The molecule has 0 spiro atoms. The molecule has 0 fully saturated rings.